The Morgan fingerprint density at radius 1 is 1.44 bits per heavy atom. The summed E-state index contributed by atoms with van der Waals surface area (Å²) >= 11 is 5.97. The molecule has 0 aliphatic heterocycles. The molecule has 1 aromatic rings. The molecule has 2 rings (SSSR count). The molecule has 1 heterocycles. The molecule has 1 aliphatic rings. The highest BCUT2D eigenvalue weighted by Crippen LogP contribution is 2.27. The zero-order chi connectivity index (χ0) is 13.1. The number of hydrogen-bond acceptors (Lipinski definition) is 5. The Morgan fingerprint density at radius 3 is 2.67 bits per heavy atom. The average Bonchev–Trinajstić information content (AvgIpc) is 2.34. The van der Waals surface area contributed by atoms with E-state index in [2.05, 4.69) is 10.3 Å². The lowest BCUT2D eigenvalue weighted by Crippen LogP contribution is -2.33. The van der Waals surface area contributed by atoms with Gasteiger partial charge in [-0.3, -0.25) is 10.1 Å². The van der Waals surface area contributed by atoms with Gasteiger partial charge in [0.25, 0.3) is 5.69 Å². The first kappa shape index (κ1) is 13.0. The van der Waals surface area contributed by atoms with Crippen LogP contribution in [0.2, 0.25) is 5.02 Å². The van der Waals surface area contributed by atoms with Crippen molar-refractivity contribution in [3.63, 3.8) is 0 Å². The number of nitrogens with zero attached hydrogens (tertiary/aromatic N) is 2. The Kier molecular flexibility index (Phi) is 3.98. The number of nitrogens with two attached hydrogens (primary N) is 1. The zero-order valence-electron chi connectivity index (χ0n) is 9.80. The minimum absolute atomic E-state index is 0.101. The quantitative estimate of drug-likeness (QED) is 0.649. The van der Waals surface area contributed by atoms with Crippen molar-refractivity contribution >= 4 is 23.1 Å². The van der Waals surface area contributed by atoms with Crippen molar-refractivity contribution in [1.82, 2.24) is 4.98 Å². The smallest absolute Gasteiger partial charge is 0.289 e. The third kappa shape index (κ3) is 3.08. The van der Waals surface area contributed by atoms with Gasteiger partial charge in [-0.2, -0.15) is 0 Å². The maximum absolute atomic E-state index is 10.6. The van der Waals surface area contributed by atoms with Crippen molar-refractivity contribution in [2.75, 3.05) is 5.32 Å². The molecule has 1 aliphatic carbocycles. The van der Waals surface area contributed by atoms with E-state index in [-0.39, 0.29) is 22.8 Å². The lowest BCUT2D eigenvalue weighted by Gasteiger charge is -2.27. The Hall–Kier alpha value is -1.40. The molecule has 0 atom stereocenters. The van der Waals surface area contributed by atoms with E-state index in [1.54, 1.807) is 0 Å². The lowest BCUT2D eigenvalue weighted by molar-refractivity contribution is -0.385. The number of halogens is 1. The third-order valence-electron chi connectivity index (χ3n) is 3.15. The third-order valence-corrected chi connectivity index (χ3v) is 3.44. The molecular formula is C11H15ClN4O2. The van der Waals surface area contributed by atoms with Gasteiger partial charge in [-0.05, 0) is 25.7 Å². The molecular weight excluding hydrogens is 256 g/mol. The van der Waals surface area contributed by atoms with Crippen LogP contribution in [-0.2, 0) is 0 Å². The summed E-state index contributed by atoms with van der Waals surface area (Å²) < 4.78 is 0. The van der Waals surface area contributed by atoms with Gasteiger partial charge in [-0.1, -0.05) is 11.6 Å². The van der Waals surface area contributed by atoms with Crippen molar-refractivity contribution in [3.8, 4) is 0 Å². The van der Waals surface area contributed by atoms with Crippen LogP contribution in [0.5, 0.6) is 0 Å². The predicted molar refractivity (Wildman–Crippen MR) is 69.8 cm³/mol. The van der Waals surface area contributed by atoms with Crippen LogP contribution in [0.3, 0.4) is 0 Å². The average molecular weight is 271 g/mol. The minimum Gasteiger partial charge on any atom is -0.366 e. The number of hydrogen-bond donors (Lipinski definition) is 2. The molecule has 1 aromatic heterocycles. The van der Waals surface area contributed by atoms with Gasteiger partial charge in [0.05, 0.1) is 9.95 Å². The Morgan fingerprint density at radius 2 is 2.11 bits per heavy atom. The van der Waals surface area contributed by atoms with Gasteiger partial charge in [-0.15, -0.1) is 0 Å². The van der Waals surface area contributed by atoms with Crippen molar-refractivity contribution < 1.29 is 4.92 Å². The van der Waals surface area contributed by atoms with Crippen molar-refractivity contribution in [1.29, 1.82) is 0 Å². The van der Waals surface area contributed by atoms with Gasteiger partial charge in [0.2, 0.25) is 0 Å². The van der Waals surface area contributed by atoms with Crippen LogP contribution in [0.25, 0.3) is 0 Å². The molecule has 0 aromatic carbocycles. The van der Waals surface area contributed by atoms with Gasteiger partial charge in [0.1, 0.15) is 12.0 Å². The molecule has 1 fully saturated rings. The summed E-state index contributed by atoms with van der Waals surface area (Å²) in [6.07, 6.45) is 5.10. The largest absolute Gasteiger partial charge is 0.366 e. The van der Waals surface area contributed by atoms with Crippen LogP contribution in [0, 0.1) is 10.1 Å². The topological polar surface area (TPSA) is 94.1 Å². The lowest BCUT2D eigenvalue weighted by atomic mass is 9.92. The van der Waals surface area contributed by atoms with E-state index in [1.807, 2.05) is 0 Å². The molecule has 0 radical (unpaired) electrons. The summed E-state index contributed by atoms with van der Waals surface area (Å²) in [7, 11) is 0. The normalized spacial score (nSPS) is 23.7. The fraction of sp³-hybridized carbons (Fsp3) is 0.545. The van der Waals surface area contributed by atoms with E-state index in [1.165, 1.54) is 12.3 Å². The Balaban J connectivity index is 2.03. The Labute approximate surface area is 110 Å². The standard InChI is InChI=1S/C11H15ClN4O2/c12-10-5-9(16(17)18)6-14-11(10)15-8-3-1-7(13)2-4-8/h5-8H,1-4,13H2,(H,14,15). The summed E-state index contributed by atoms with van der Waals surface area (Å²) in [6, 6.07) is 1.88. The second-order valence-electron chi connectivity index (χ2n) is 4.54. The summed E-state index contributed by atoms with van der Waals surface area (Å²) in [5.74, 6) is 0.503. The number of nitro groups is 1. The molecule has 18 heavy (non-hydrogen) atoms. The maximum Gasteiger partial charge on any atom is 0.289 e. The van der Waals surface area contributed by atoms with Crippen LogP contribution >= 0.6 is 11.6 Å². The van der Waals surface area contributed by atoms with Crippen molar-refractivity contribution in [2.24, 2.45) is 5.73 Å². The maximum atomic E-state index is 10.6. The first-order valence-electron chi connectivity index (χ1n) is 5.88. The molecule has 98 valence electrons. The molecule has 0 amide bonds. The summed E-state index contributed by atoms with van der Waals surface area (Å²) in [5.41, 5.74) is 5.73. The number of anilines is 1. The first-order chi connectivity index (χ1) is 8.56. The van der Waals surface area contributed by atoms with Crippen LogP contribution in [-0.4, -0.2) is 22.0 Å². The molecule has 6 nitrogen and oxygen atoms in total. The van der Waals surface area contributed by atoms with Gasteiger partial charge >= 0.3 is 0 Å². The van der Waals surface area contributed by atoms with Crippen LogP contribution in [0.1, 0.15) is 25.7 Å². The van der Waals surface area contributed by atoms with Crippen molar-refractivity contribution in [3.05, 3.63) is 27.4 Å². The molecule has 0 bridgehead atoms. The Bertz CT molecular complexity index is 447. The number of rotatable bonds is 3. The van der Waals surface area contributed by atoms with Gasteiger partial charge in [0.15, 0.2) is 0 Å². The highest BCUT2D eigenvalue weighted by atomic mass is 35.5. The van der Waals surface area contributed by atoms with Gasteiger partial charge < -0.3 is 11.1 Å². The number of nitrogens with one attached hydrogen (secondary N) is 1. The van der Waals surface area contributed by atoms with Crippen LogP contribution < -0.4 is 11.1 Å². The number of pyridine rings is 1. The van der Waals surface area contributed by atoms with Gasteiger partial charge in [-0.25, -0.2) is 4.98 Å². The molecule has 1 saturated carbocycles. The predicted octanol–water partition coefficient (Wildman–Crippen LogP) is 2.33. The molecule has 0 unspecified atom stereocenters. The van der Waals surface area contributed by atoms with E-state index in [9.17, 15) is 10.1 Å². The van der Waals surface area contributed by atoms with Crippen LogP contribution in [0.4, 0.5) is 11.5 Å². The van der Waals surface area contributed by atoms with E-state index in [0.717, 1.165) is 25.7 Å². The fourth-order valence-corrected chi connectivity index (χ4v) is 2.31. The highest BCUT2D eigenvalue weighted by molar-refractivity contribution is 6.33. The highest BCUT2D eigenvalue weighted by Gasteiger charge is 2.20. The summed E-state index contributed by atoms with van der Waals surface area (Å²) in [5, 5.41) is 14.1. The first-order valence-corrected chi connectivity index (χ1v) is 6.26. The van der Waals surface area contributed by atoms with E-state index < -0.39 is 4.92 Å². The fourth-order valence-electron chi connectivity index (χ4n) is 2.09. The molecule has 3 N–H and O–H groups in total. The van der Waals surface area contributed by atoms with Crippen molar-refractivity contribution in [2.45, 2.75) is 37.8 Å². The van der Waals surface area contributed by atoms with E-state index in [4.69, 9.17) is 17.3 Å². The summed E-state index contributed by atoms with van der Waals surface area (Å²) in [6.45, 7) is 0. The van der Waals surface area contributed by atoms with Crippen LogP contribution in [0.15, 0.2) is 12.3 Å². The second kappa shape index (κ2) is 5.49. The van der Waals surface area contributed by atoms with Gasteiger partial charge in [0, 0.05) is 18.2 Å². The summed E-state index contributed by atoms with van der Waals surface area (Å²) in [4.78, 5) is 14.0. The minimum atomic E-state index is -0.512. The molecule has 0 saturated heterocycles. The second-order valence-corrected chi connectivity index (χ2v) is 4.94. The number of aromatic nitrogens is 1. The van der Waals surface area contributed by atoms with E-state index in [0.29, 0.717) is 5.82 Å². The zero-order valence-corrected chi connectivity index (χ0v) is 10.6. The van der Waals surface area contributed by atoms with E-state index >= 15 is 0 Å². The molecule has 7 heteroatoms. The monoisotopic (exact) mass is 270 g/mol. The SMILES string of the molecule is NC1CCC(Nc2ncc([N+](=O)[O-])cc2Cl)CC1. The molecule has 0 spiro atoms.